The number of hydrogen-bond donors (Lipinski definition) is 2. The SMILES string of the molecule is Cc1cc2c(cn1)cc(-c1cc(Nc3cc(-c4nccs4)[nH]n3)ccc1C)c(=O)n2C. The van der Waals surface area contributed by atoms with E-state index in [1.807, 2.05) is 61.8 Å². The predicted molar refractivity (Wildman–Crippen MR) is 125 cm³/mol. The molecule has 0 spiro atoms. The Hall–Kier alpha value is -3.78. The van der Waals surface area contributed by atoms with Gasteiger partial charge in [0.2, 0.25) is 0 Å². The molecule has 1 aromatic carbocycles. The van der Waals surface area contributed by atoms with E-state index in [2.05, 4.69) is 25.5 Å². The number of pyridine rings is 2. The van der Waals surface area contributed by atoms with Crippen molar-refractivity contribution in [3.8, 4) is 21.8 Å². The number of fused-ring (bicyclic) bond motifs is 1. The molecule has 0 aliphatic heterocycles. The van der Waals surface area contributed by atoms with Gasteiger partial charge in [0.1, 0.15) is 5.01 Å². The van der Waals surface area contributed by atoms with Crippen molar-refractivity contribution >= 4 is 33.7 Å². The molecule has 5 rings (SSSR count). The zero-order valence-electron chi connectivity index (χ0n) is 17.3. The van der Waals surface area contributed by atoms with Crippen LogP contribution < -0.4 is 10.9 Å². The van der Waals surface area contributed by atoms with E-state index >= 15 is 0 Å². The highest BCUT2D eigenvalue weighted by atomic mass is 32.1. The number of aromatic nitrogens is 5. The predicted octanol–water partition coefficient (Wildman–Crippen LogP) is 4.81. The molecule has 0 saturated carbocycles. The van der Waals surface area contributed by atoms with Crippen LogP contribution in [-0.2, 0) is 7.05 Å². The van der Waals surface area contributed by atoms with E-state index in [1.165, 1.54) is 0 Å². The van der Waals surface area contributed by atoms with E-state index < -0.39 is 0 Å². The smallest absolute Gasteiger partial charge is 0.258 e. The minimum Gasteiger partial charge on any atom is -0.339 e. The number of anilines is 2. The number of nitrogens with zero attached hydrogens (tertiary/aromatic N) is 4. The number of hydrogen-bond acceptors (Lipinski definition) is 6. The topological polar surface area (TPSA) is 88.5 Å². The summed E-state index contributed by atoms with van der Waals surface area (Å²) in [7, 11) is 1.80. The summed E-state index contributed by atoms with van der Waals surface area (Å²) in [6, 6.07) is 11.7. The van der Waals surface area contributed by atoms with Crippen molar-refractivity contribution in [1.29, 1.82) is 0 Å². The molecule has 0 bridgehead atoms. The van der Waals surface area contributed by atoms with Gasteiger partial charge in [-0.1, -0.05) is 6.07 Å². The van der Waals surface area contributed by atoms with E-state index in [-0.39, 0.29) is 5.56 Å². The third-order valence-corrected chi connectivity index (χ3v) is 6.09. The van der Waals surface area contributed by atoms with Crippen LogP contribution >= 0.6 is 11.3 Å². The highest BCUT2D eigenvalue weighted by Gasteiger charge is 2.13. The van der Waals surface area contributed by atoms with Gasteiger partial charge in [-0.25, -0.2) is 4.98 Å². The molecular weight excluding hydrogens is 408 g/mol. The average Bonchev–Trinajstić information content (AvgIpc) is 3.45. The van der Waals surface area contributed by atoms with Crippen LogP contribution in [0.25, 0.3) is 32.7 Å². The van der Waals surface area contributed by atoms with Gasteiger partial charge in [-0.3, -0.25) is 14.9 Å². The van der Waals surface area contributed by atoms with E-state index in [0.29, 0.717) is 11.4 Å². The lowest BCUT2D eigenvalue weighted by molar-refractivity contribution is 0.905. The number of thiazole rings is 1. The second kappa shape index (κ2) is 7.48. The molecule has 4 heterocycles. The maximum Gasteiger partial charge on any atom is 0.258 e. The number of rotatable bonds is 4. The van der Waals surface area contributed by atoms with E-state index in [0.717, 1.165) is 44.1 Å². The van der Waals surface area contributed by atoms with Crippen LogP contribution in [0.1, 0.15) is 11.3 Å². The molecule has 0 atom stereocenters. The van der Waals surface area contributed by atoms with Crippen LogP contribution in [0.4, 0.5) is 11.5 Å². The van der Waals surface area contributed by atoms with Gasteiger partial charge in [0.25, 0.3) is 5.56 Å². The summed E-state index contributed by atoms with van der Waals surface area (Å²) in [5.74, 6) is 0.686. The number of aryl methyl sites for hydroxylation is 3. The Bertz CT molecular complexity index is 1470. The first-order valence-corrected chi connectivity index (χ1v) is 10.7. The van der Waals surface area contributed by atoms with Crippen molar-refractivity contribution in [2.24, 2.45) is 7.05 Å². The third-order valence-electron chi connectivity index (χ3n) is 5.29. The van der Waals surface area contributed by atoms with E-state index in [1.54, 1.807) is 29.1 Å². The molecule has 0 radical (unpaired) electrons. The molecule has 154 valence electrons. The normalized spacial score (nSPS) is 11.2. The quantitative estimate of drug-likeness (QED) is 0.429. The molecule has 0 amide bonds. The van der Waals surface area contributed by atoms with Crippen molar-refractivity contribution in [3.63, 3.8) is 0 Å². The van der Waals surface area contributed by atoms with Crippen LogP contribution in [0.15, 0.2) is 59.0 Å². The second-order valence-electron chi connectivity index (χ2n) is 7.47. The molecular formula is C23H20N6OS. The summed E-state index contributed by atoms with van der Waals surface area (Å²) < 4.78 is 1.69. The molecule has 31 heavy (non-hydrogen) atoms. The first-order chi connectivity index (χ1) is 15.0. The summed E-state index contributed by atoms with van der Waals surface area (Å²) in [5, 5.41) is 14.4. The fraction of sp³-hybridized carbons (Fsp3) is 0.130. The fourth-order valence-corrected chi connectivity index (χ4v) is 4.25. The highest BCUT2D eigenvalue weighted by Crippen LogP contribution is 2.29. The van der Waals surface area contributed by atoms with Crippen molar-refractivity contribution in [2.75, 3.05) is 5.32 Å². The number of H-pyrrole nitrogens is 1. The maximum absolute atomic E-state index is 13.2. The number of nitrogens with one attached hydrogen (secondary N) is 2. The van der Waals surface area contributed by atoms with Crippen LogP contribution in [0.5, 0.6) is 0 Å². The number of benzene rings is 1. The van der Waals surface area contributed by atoms with Gasteiger partial charge < -0.3 is 9.88 Å². The minimum absolute atomic E-state index is 0.0378. The Morgan fingerprint density at radius 2 is 1.94 bits per heavy atom. The summed E-state index contributed by atoms with van der Waals surface area (Å²) in [5.41, 5.74) is 5.97. The Morgan fingerprint density at radius 3 is 2.74 bits per heavy atom. The Morgan fingerprint density at radius 1 is 1.06 bits per heavy atom. The van der Waals surface area contributed by atoms with Gasteiger partial charge in [0.15, 0.2) is 5.82 Å². The first kappa shape index (κ1) is 19.2. The molecule has 5 aromatic rings. The molecule has 0 fully saturated rings. The average molecular weight is 429 g/mol. The Kier molecular flexibility index (Phi) is 4.63. The Balaban J connectivity index is 1.54. The van der Waals surface area contributed by atoms with Crippen molar-refractivity contribution in [1.82, 2.24) is 24.7 Å². The van der Waals surface area contributed by atoms with Gasteiger partial charge in [-0.15, -0.1) is 11.3 Å². The van der Waals surface area contributed by atoms with Crippen molar-refractivity contribution in [3.05, 3.63) is 75.8 Å². The molecule has 0 unspecified atom stereocenters. The zero-order valence-corrected chi connectivity index (χ0v) is 18.1. The molecule has 2 N–H and O–H groups in total. The standard InChI is InChI=1S/C23H20N6OS/c1-13-4-5-16(26-21-11-19(27-28-21)22-24-6-7-31-22)10-17(13)18-9-15-12-25-14(2)8-20(15)29(3)23(18)30/h4-12H,1-3H3,(H2,26,27,28). The molecule has 0 saturated heterocycles. The van der Waals surface area contributed by atoms with Crippen LogP contribution in [0.2, 0.25) is 0 Å². The van der Waals surface area contributed by atoms with Crippen molar-refractivity contribution in [2.45, 2.75) is 13.8 Å². The lowest BCUT2D eigenvalue weighted by Crippen LogP contribution is -2.19. The summed E-state index contributed by atoms with van der Waals surface area (Å²) >= 11 is 1.55. The van der Waals surface area contributed by atoms with E-state index in [4.69, 9.17) is 0 Å². The largest absolute Gasteiger partial charge is 0.339 e. The highest BCUT2D eigenvalue weighted by molar-refractivity contribution is 7.13. The maximum atomic E-state index is 13.2. The molecule has 7 nitrogen and oxygen atoms in total. The van der Waals surface area contributed by atoms with Crippen molar-refractivity contribution < 1.29 is 0 Å². The molecule has 4 aromatic heterocycles. The van der Waals surface area contributed by atoms with Gasteiger partial charge >= 0.3 is 0 Å². The fourth-order valence-electron chi connectivity index (χ4n) is 3.65. The second-order valence-corrected chi connectivity index (χ2v) is 8.36. The molecule has 0 aliphatic carbocycles. The van der Waals surface area contributed by atoms with E-state index in [9.17, 15) is 4.79 Å². The van der Waals surface area contributed by atoms with Gasteiger partial charge in [0, 0.05) is 53.2 Å². The van der Waals surface area contributed by atoms with Crippen LogP contribution in [0, 0.1) is 13.8 Å². The monoisotopic (exact) mass is 428 g/mol. The van der Waals surface area contributed by atoms with Gasteiger partial charge in [-0.2, -0.15) is 5.10 Å². The Labute approximate surface area is 182 Å². The molecule has 8 heteroatoms. The lowest BCUT2D eigenvalue weighted by atomic mass is 9.99. The van der Waals surface area contributed by atoms with Crippen LogP contribution in [0.3, 0.4) is 0 Å². The van der Waals surface area contributed by atoms with Gasteiger partial charge in [0.05, 0.1) is 11.2 Å². The summed E-state index contributed by atoms with van der Waals surface area (Å²) in [6.45, 7) is 3.93. The lowest BCUT2D eigenvalue weighted by Gasteiger charge is -2.13. The minimum atomic E-state index is -0.0378. The first-order valence-electron chi connectivity index (χ1n) is 9.79. The summed E-state index contributed by atoms with van der Waals surface area (Å²) in [4.78, 5) is 21.8. The van der Waals surface area contributed by atoms with Gasteiger partial charge in [-0.05, 0) is 49.2 Å². The zero-order chi connectivity index (χ0) is 21.5. The third kappa shape index (κ3) is 3.51. The summed E-state index contributed by atoms with van der Waals surface area (Å²) in [6.07, 6.45) is 3.58. The molecule has 0 aliphatic rings. The number of aromatic amines is 1. The van der Waals surface area contributed by atoms with Crippen LogP contribution in [-0.4, -0.2) is 24.7 Å².